The van der Waals surface area contributed by atoms with Crippen molar-refractivity contribution in [2.75, 3.05) is 11.1 Å². The zero-order chi connectivity index (χ0) is 19.4. The zero-order valence-corrected chi connectivity index (χ0v) is 16.6. The number of carbonyl (C=O) groups is 1. The molecule has 3 aromatic rings. The first-order valence-electron chi connectivity index (χ1n) is 8.05. The van der Waals surface area contributed by atoms with E-state index >= 15 is 0 Å². The summed E-state index contributed by atoms with van der Waals surface area (Å²) in [5.41, 5.74) is 0.853. The second-order valence-corrected chi connectivity index (χ2v) is 7.28. The van der Waals surface area contributed by atoms with Crippen molar-refractivity contribution in [1.82, 2.24) is 14.8 Å². The summed E-state index contributed by atoms with van der Waals surface area (Å²) in [6.45, 7) is 2.54. The molecule has 0 spiro atoms. The lowest BCUT2D eigenvalue weighted by Crippen LogP contribution is -2.15. The molecule has 0 saturated carbocycles. The lowest BCUT2D eigenvalue weighted by atomic mass is 10.2. The lowest BCUT2D eigenvalue weighted by molar-refractivity contribution is -0.113. The molecule has 0 saturated heterocycles. The van der Waals surface area contributed by atoms with Gasteiger partial charge in [-0.05, 0) is 37.3 Å². The molecule has 5 nitrogen and oxygen atoms in total. The van der Waals surface area contributed by atoms with E-state index in [-0.39, 0.29) is 17.3 Å². The van der Waals surface area contributed by atoms with Crippen LogP contribution in [-0.2, 0) is 11.3 Å². The van der Waals surface area contributed by atoms with Gasteiger partial charge in [-0.1, -0.05) is 47.1 Å². The highest BCUT2D eigenvalue weighted by atomic mass is 35.5. The maximum atomic E-state index is 13.6. The molecule has 1 heterocycles. The molecule has 1 N–H and O–H groups in total. The largest absolute Gasteiger partial charge is 0.323 e. The first kappa shape index (κ1) is 19.7. The number of hydrogen-bond donors (Lipinski definition) is 1. The molecule has 0 aliphatic carbocycles. The molecule has 0 radical (unpaired) electrons. The molecule has 140 valence electrons. The standard InChI is InChI=1S/C18H15Cl2FN4OS/c1-2-25-17(12-8-7-11(19)9-13(12)20)23-24-18(25)27-10-16(26)22-15-6-4-3-5-14(15)21/h3-9H,2,10H2,1H3,(H,22,26). The van der Waals surface area contributed by atoms with Crippen LogP contribution in [0.15, 0.2) is 47.6 Å². The number of benzene rings is 2. The number of aromatic nitrogens is 3. The molecular weight excluding hydrogens is 410 g/mol. The van der Waals surface area contributed by atoms with Crippen LogP contribution in [0.2, 0.25) is 10.0 Å². The van der Waals surface area contributed by atoms with Gasteiger partial charge in [0.1, 0.15) is 5.82 Å². The minimum atomic E-state index is -0.479. The van der Waals surface area contributed by atoms with Gasteiger partial charge in [0.25, 0.3) is 0 Å². The Labute approximate surface area is 169 Å². The summed E-state index contributed by atoms with van der Waals surface area (Å²) in [4.78, 5) is 12.1. The van der Waals surface area contributed by atoms with Gasteiger partial charge >= 0.3 is 0 Å². The van der Waals surface area contributed by atoms with Crippen LogP contribution in [0.1, 0.15) is 6.92 Å². The Morgan fingerprint density at radius 1 is 1.22 bits per heavy atom. The van der Waals surface area contributed by atoms with Crippen LogP contribution in [-0.4, -0.2) is 26.4 Å². The highest BCUT2D eigenvalue weighted by Crippen LogP contribution is 2.31. The van der Waals surface area contributed by atoms with Crippen molar-refractivity contribution in [2.24, 2.45) is 0 Å². The van der Waals surface area contributed by atoms with E-state index in [0.717, 1.165) is 0 Å². The van der Waals surface area contributed by atoms with Gasteiger partial charge < -0.3 is 9.88 Å². The predicted molar refractivity (Wildman–Crippen MR) is 107 cm³/mol. The highest BCUT2D eigenvalue weighted by molar-refractivity contribution is 7.99. The molecule has 2 aromatic carbocycles. The average Bonchev–Trinajstić information content (AvgIpc) is 3.04. The molecule has 0 fully saturated rings. The highest BCUT2D eigenvalue weighted by Gasteiger charge is 2.17. The number of amides is 1. The fourth-order valence-corrected chi connectivity index (χ4v) is 3.72. The third kappa shape index (κ3) is 4.61. The average molecular weight is 425 g/mol. The van der Waals surface area contributed by atoms with Crippen LogP contribution >= 0.6 is 35.0 Å². The van der Waals surface area contributed by atoms with Gasteiger partial charge in [0.2, 0.25) is 5.91 Å². The number of nitrogens with zero attached hydrogens (tertiary/aromatic N) is 3. The van der Waals surface area contributed by atoms with Gasteiger partial charge in [0, 0.05) is 17.1 Å². The number of nitrogens with one attached hydrogen (secondary N) is 1. The van der Waals surface area contributed by atoms with Gasteiger partial charge in [0.05, 0.1) is 16.5 Å². The molecule has 0 bridgehead atoms. The monoisotopic (exact) mass is 424 g/mol. The quantitative estimate of drug-likeness (QED) is 0.556. The molecular formula is C18H15Cl2FN4OS. The summed E-state index contributed by atoms with van der Waals surface area (Å²) in [5.74, 6) is -0.147. The van der Waals surface area contributed by atoms with Crippen LogP contribution in [0.25, 0.3) is 11.4 Å². The minimum Gasteiger partial charge on any atom is -0.323 e. The Bertz CT molecular complexity index is 980. The van der Waals surface area contributed by atoms with E-state index in [1.54, 1.807) is 30.3 Å². The summed E-state index contributed by atoms with van der Waals surface area (Å²) < 4.78 is 15.5. The van der Waals surface area contributed by atoms with Gasteiger partial charge in [-0.3, -0.25) is 4.79 Å². The molecule has 0 aliphatic rings. The van der Waals surface area contributed by atoms with Crippen molar-refractivity contribution in [3.63, 3.8) is 0 Å². The van der Waals surface area contributed by atoms with Crippen LogP contribution in [0, 0.1) is 5.82 Å². The second kappa shape index (κ2) is 8.73. The van der Waals surface area contributed by atoms with Crippen LogP contribution < -0.4 is 5.32 Å². The van der Waals surface area contributed by atoms with Gasteiger partial charge in [-0.2, -0.15) is 0 Å². The topological polar surface area (TPSA) is 59.8 Å². The molecule has 0 atom stereocenters. The van der Waals surface area contributed by atoms with Crippen molar-refractivity contribution < 1.29 is 9.18 Å². The van der Waals surface area contributed by atoms with Crippen LogP contribution in [0.5, 0.6) is 0 Å². The number of carbonyl (C=O) groups excluding carboxylic acids is 1. The molecule has 0 aliphatic heterocycles. The summed E-state index contributed by atoms with van der Waals surface area (Å²) >= 11 is 13.4. The van der Waals surface area contributed by atoms with Crippen molar-refractivity contribution in [2.45, 2.75) is 18.6 Å². The molecule has 27 heavy (non-hydrogen) atoms. The van der Waals surface area contributed by atoms with Crippen molar-refractivity contribution in [3.8, 4) is 11.4 Å². The van der Waals surface area contributed by atoms with E-state index in [4.69, 9.17) is 23.2 Å². The van der Waals surface area contributed by atoms with E-state index in [1.807, 2.05) is 11.5 Å². The third-order valence-electron chi connectivity index (χ3n) is 3.69. The molecule has 9 heteroatoms. The number of hydrogen-bond acceptors (Lipinski definition) is 4. The molecule has 1 amide bonds. The Hall–Kier alpha value is -2.09. The number of para-hydroxylation sites is 1. The van der Waals surface area contributed by atoms with E-state index < -0.39 is 5.82 Å². The smallest absolute Gasteiger partial charge is 0.234 e. The summed E-state index contributed by atoms with van der Waals surface area (Å²) in [6.07, 6.45) is 0. The Balaban J connectivity index is 1.73. The maximum absolute atomic E-state index is 13.6. The van der Waals surface area contributed by atoms with Crippen LogP contribution in [0.4, 0.5) is 10.1 Å². The Morgan fingerprint density at radius 2 is 2.00 bits per heavy atom. The van der Waals surface area contributed by atoms with Crippen molar-refractivity contribution in [3.05, 3.63) is 58.3 Å². The normalized spacial score (nSPS) is 10.8. The number of thioether (sulfide) groups is 1. The number of anilines is 1. The first-order valence-corrected chi connectivity index (χ1v) is 9.79. The molecule has 1 aromatic heterocycles. The summed E-state index contributed by atoms with van der Waals surface area (Å²) in [7, 11) is 0. The number of rotatable bonds is 6. The van der Waals surface area contributed by atoms with Crippen LogP contribution in [0.3, 0.4) is 0 Å². The summed E-state index contributed by atoms with van der Waals surface area (Å²) in [5, 5.41) is 12.5. The van der Waals surface area contributed by atoms with Gasteiger partial charge in [-0.25, -0.2) is 4.39 Å². The predicted octanol–water partition coefficient (Wildman–Crippen LogP) is 5.14. The zero-order valence-electron chi connectivity index (χ0n) is 14.2. The maximum Gasteiger partial charge on any atom is 0.234 e. The SMILES string of the molecule is CCn1c(SCC(=O)Nc2ccccc2F)nnc1-c1ccc(Cl)cc1Cl. The van der Waals surface area contributed by atoms with Gasteiger partial charge in [-0.15, -0.1) is 10.2 Å². The molecule has 3 rings (SSSR count). The summed E-state index contributed by atoms with van der Waals surface area (Å²) in [6, 6.07) is 11.2. The first-order chi connectivity index (χ1) is 13.0. The second-order valence-electron chi connectivity index (χ2n) is 5.49. The fourth-order valence-electron chi connectivity index (χ4n) is 2.43. The minimum absolute atomic E-state index is 0.0703. The number of halogens is 3. The third-order valence-corrected chi connectivity index (χ3v) is 5.20. The van der Waals surface area contributed by atoms with E-state index in [1.165, 1.54) is 23.9 Å². The van der Waals surface area contributed by atoms with E-state index in [9.17, 15) is 9.18 Å². The fraction of sp³-hybridized carbons (Fsp3) is 0.167. The van der Waals surface area contributed by atoms with E-state index in [2.05, 4.69) is 15.5 Å². The van der Waals surface area contributed by atoms with E-state index in [0.29, 0.717) is 33.1 Å². The molecule has 0 unspecified atom stereocenters. The lowest BCUT2D eigenvalue weighted by Gasteiger charge is -2.09. The Kier molecular flexibility index (Phi) is 6.36. The van der Waals surface area contributed by atoms with Crippen molar-refractivity contribution >= 4 is 46.6 Å². The van der Waals surface area contributed by atoms with Gasteiger partial charge in [0.15, 0.2) is 11.0 Å². The Morgan fingerprint density at radius 3 is 2.70 bits per heavy atom. The van der Waals surface area contributed by atoms with Crippen molar-refractivity contribution in [1.29, 1.82) is 0 Å².